The number of nitrogens with zero attached hydrogens (tertiary/aromatic N) is 2. The molecule has 1 aromatic heterocycles. The van der Waals surface area contributed by atoms with Gasteiger partial charge in [0.15, 0.2) is 11.9 Å². The molecule has 0 radical (unpaired) electrons. The molecule has 1 aliphatic rings. The van der Waals surface area contributed by atoms with Crippen LogP contribution in [0.1, 0.15) is 81.4 Å². The number of carbonyl (C=O) groups excluding carboxylic acids is 8. The van der Waals surface area contributed by atoms with Gasteiger partial charge in [-0.1, -0.05) is 54.6 Å². The number of aliphatic imine (C=N–C) groups is 2. The Labute approximate surface area is 435 Å². The van der Waals surface area contributed by atoms with Crippen molar-refractivity contribution < 1.29 is 38.4 Å². The molecule has 21 N–H and O–H groups in total. The van der Waals surface area contributed by atoms with Crippen LogP contribution in [-0.2, 0) is 51.2 Å². The molecule has 8 amide bonds. The van der Waals surface area contributed by atoms with E-state index in [1.165, 1.54) is 6.92 Å². The molecule has 0 spiro atoms. The Morgan fingerprint density at radius 1 is 0.747 bits per heavy atom. The lowest BCUT2D eigenvalue weighted by Gasteiger charge is -2.28. The van der Waals surface area contributed by atoms with E-state index in [4.69, 9.17) is 34.4 Å². The Morgan fingerprint density at radius 2 is 1.36 bits per heavy atom. The van der Waals surface area contributed by atoms with Gasteiger partial charge < -0.3 is 81.9 Å². The fourth-order valence-corrected chi connectivity index (χ4v) is 8.39. The summed E-state index contributed by atoms with van der Waals surface area (Å²) >= 11 is 0. The second-order valence-corrected chi connectivity index (χ2v) is 18.5. The zero-order valence-corrected chi connectivity index (χ0v) is 42.7. The number of para-hydroxylation sites is 1. The van der Waals surface area contributed by atoms with E-state index in [0.29, 0.717) is 11.1 Å². The number of nitrogens with two attached hydrogens (primary N) is 6. The molecule has 0 bridgehead atoms. The van der Waals surface area contributed by atoms with Gasteiger partial charge in [-0.3, -0.25) is 48.3 Å². The number of aromatic nitrogens is 1. The van der Waals surface area contributed by atoms with Crippen molar-refractivity contribution in [3.05, 3.63) is 83.7 Å². The Bertz CT molecular complexity index is 2540. The predicted molar refractivity (Wildman–Crippen MR) is 284 cm³/mol. The molecule has 408 valence electrons. The molecule has 75 heavy (non-hydrogen) atoms. The highest BCUT2D eigenvalue weighted by molar-refractivity contribution is 5.97. The summed E-state index contributed by atoms with van der Waals surface area (Å²) in [5, 5.41) is 22.7. The maximum Gasteiger partial charge on any atom is 0.243 e. The van der Waals surface area contributed by atoms with Gasteiger partial charge in [0.25, 0.3) is 0 Å². The number of amides is 8. The van der Waals surface area contributed by atoms with Crippen LogP contribution < -0.4 is 76.9 Å². The topological polar surface area (TPSA) is 429 Å². The zero-order chi connectivity index (χ0) is 55.0. The van der Waals surface area contributed by atoms with Crippen LogP contribution in [0.15, 0.2) is 77.0 Å². The van der Waals surface area contributed by atoms with Gasteiger partial charge >= 0.3 is 0 Å². The maximum atomic E-state index is 14.7. The van der Waals surface area contributed by atoms with Crippen molar-refractivity contribution in [2.75, 3.05) is 26.2 Å². The fraction of sp³-hybridized carbons (Fsp3) is 0.480. The van der Waals surface area contributed by atoms with Crippen molar-refractivity contribution in [3.63, 3.8) is 0 Å². The standard InChI is InChI=1S/C50H75N17O8/c1-28-10-6-11-31(24-28)25-40-47(74)63-37(16-9-23-59-50(55)56)44(71)67-41(26-32-27-60-35-13-5-4-12-33(32)35)48(75)62-34(29(2)52)14-7-21-57-42(69)18-17-38(45(72)65-39(19-20-51)46(73)66-40)64-43(70)36(61-30(3)68)15-8-22-58-49(53)54/h4-6,10-13,24,27,34,36-41,60H,2,7-9,14-23,25-26,51-52H2,1,3H3,(H,57,69)(H,61,68)(H,62,75)(H,63,74)(H,64,70)(H,65,72)(H,66,73)(H,67,71)(H4,53,54,58)(H4,55,56,59)/t34-,36-,37-,38-,39-,40+,41-/m0/s1. The summed E-state index contributed by atoms with van der Waals surface area (Å²) < 4.78 is 0. The smallest absolute Gasteiger partial charge is 0.243 e. The lowest BCUT2D eigenvalue weighted by Crippen LogP contribution is -2.60. The van der Waals surface area contributed by atoms with E-state index in [1.807, 2.05) is 43.3 Å². The minimum Gasteiger partial charge on any atom is -0.401 e. The second-order valence-electron chi connectivity index (χ2n) is 18.5. The number of aryl methyl sites for hydroxylation is 1. The first kappa shape index (κ1) is 59.3. The summed E-state index contributed by atoms with van der Waals surface area (Å²) in [5.41, 5.74) is 37.4. The van der Waals surface area contributed by atoms with Crippen LogP contribution in [0.5, 0.6) is 0 Å². The molecule has 1 saturated heterocycles. The third-order valence-corrected chi connectivity index (χ3v) is 12.2. The quantitative estimate of drug-likeness (QED) is 0.0350. The largest absolute Gasteiger partial charge is 0.401 e. The number of rotatable bonds is 18. The number of hydrogen-bond acceptors (Lipinski definition) is 12. The van der Waals surface area contributed by atoms with E-state index >= 15 is 0 Å². The van der Waals surface area contributed by atoms with Crippen LogP contribution in [0.4, 0.5) is 0 Å². The minimum absolute atomic E-state index is 0.00510. The second kappa shape index (κ2) is 30.1. The van der Waals surface area contributed by atoms with Gasteiger partial charge in [0.05, 0.1) is 6.04 Å². The van der Waals surface area contributed by atoms with Crippen molar-refractivity contribution in [1.29, 1.82) is 0 Å². The number of nitrogens with one attached hydrogen (secondary N) is 9. The summed E-state index contributed by atoms with van der Waals surface area (Å²) in [6.07, 6.45) is 1.98. The van der Waals surface area contributed by atoms with Crippen LogP contribution in [0.2, 0.25) is 0 Å². The first-order chi connectivity index (χ1) is 35.7. The number of fused-ring (bicyclic) bond motifs is 1. The average molecular weight is 1040 g/mol. The summed E-state index contributed by atoms with van der Waals surface area (Å²) in [6.45, 7) is 7.15. The Morgan fingerprint density at radius 3 is 2.01 bits per heavy atom. The minimum atomic E-state index is -1.44. The van der Waals surface area contributed by atoms with Gasteiger partial charge in [-0.2, -0.15) is 0 Å². The highest BCUT2D eigenvalue weighted by Gasteiger charge is 2.34. The molecule has 25 nitrogen and oxygen atoms in total. The number of H-pyrrole nitrogens is 1. The van der Waals surface area contributed by atoms with E-state index < -0.39 is 89.6 Å². The van der Waals surface area contributed by atoms with Crippen molar-refractivity contribution in [2.45, 2.75) is 127 Å². The van der Waals surface area contributed by atoms with Crippen LogP contribution in [0, 0.1) is 6.92 Å². The summed E-state index contributed by atoms with van der Waals surface area (Å²) in [7, 11) is 0. The van der Waals surface area contributed by atoms with E-state index in [9.17, 15) is 38.4 Å². The molecular formula is C50H75N17O8. The van der Waals surface area contributed by atoms with Gasteiger partial charge in [0, 0.05) is 68.6 Å². The Kier molecular flexibility index (Phi) is 23.8. The first-order valence-electron chi connectivity index (χ1n) is 25.0. The molecule has 0 saturated carbocycles. The van der Waals surface area contributed by atoms with Crippen molar-refractivity contribution >= 4 is 70.1 Å². The first-order valence-corrected chi connectivity index (χ1v) is 25.0. The third kappa shape index (κ3) is 20.3. The molecule has 2 heterocycles. The van der Waals surface area contributed by atoms with Crippen LogP contribution in [-0.4, -0.2) is 133 Å². The molecule has 0 unspecified atom stereocenters. The van der Waals surface area contributed by atoms with Gasteiger partial charge in [-0.25, -0.2) is 0 Å². The van der Waals surface area contributed by atoms with Crippen LogP contribution >= 0.6 is 0 Å². The number of guanidine groups is 2. The van der Waals surface area contributed by atoms with E-state index in [1.54, 1.807) is 18.3 Å². The Hall–Kier alpha value is -8.22. The number of carbonyl (C=O) groups is 8. The molecule has 4 rings (SSSR count). The SMILES string of the molecule is C=C(N)[C@@H]1CCCNC(=O)CC[C@H](NC(=O)[C@H](CCCN=C(N)N)NC(C)=O)C(=O)N[C@@H](CCN)C(=O)N[C@H](Cc2cccc(C)c2)C(=O)N[C@@H](CCCN=C(N)N)C(=O)N[C@@H](Cc2c[nH]c3ccccc23)C(=O)N1. The molecule has 25 heteroatoms. The van der Waals surface area contributed by atoms with E-state index in [2.05, 4.69) is 64.1 Å². The molecule has 2 aromatic carbocycles. The van der Waals surface area contributed by atoms with Crippen LogP contribution in [0.25, 0.3) is 10.9 Å². The highest BCUT2D eigenvalue weighted by Crippen LogP contribution is 2.20. The number of hydrogen-bond donors (Lipinski definition) is 15. The van der Waals surface area contributed by atoms with Crippen molar-refractivity contribution in [3.8, 4) is 0 Å². The van der Waals surface area contributed by atoms with Gasteiger partial charge in [0.1, 0.15) is 36.3 Å². The predicted octanol–water partition coefficient (Wildman–Crippen LogP) is -2.71. The summed E-state index contributed by atoms with van der Waals surface area (Å²) in [6, 6.07) is 5.93. The summed E-state index contributed by atoms with van der Waals surface area (Å²) in [5.74, 6) is -6.01. The molecule has 3 aromatic rings. The highest BCUT2D eigenvalue weighted by atomic mass is 16.2. The maximum absolute atomic E-state index is 14.7. The van der Waals surface area contributed by atoms with Gasteiger partial charge in [0.2, 0.25) is 47.3 Å². The number of aromatic amines is 1. The normalized spacial score (nSPS) is 21.1. The molecule has 1 fully saturated rings. The zero-order valence-electron chi connectivity index (χ0n) is 42.7. The van der Waals surface area contributed by atoms with Crippen molar-refractivity contribution in [2.24, 2.45) is 44.4 Å². The molecule has 0 aliphatic carbocycles. The molecule has 7 atom stereocenters. The van der Waals surface area contributed by atoms with Crippen LogP contribution in [0.3, 0.4) is 0 Å². The fourth-order valence-electron chi connectivity index (χ4n) is 8.39. The van der Waals surface area contributed by atoms with Gasteiger partial charge in [-0.05, 0) is 82.0 Å². The van der Waals surface area contributed by atoms with E-state index in [-0.39, 0.29) is 114 Å². The summed E-state index contributed by atoms with van der Waals surface area (Å²) in [4.78, 5) is 123. The van der Waals surface area contributed by atoms with Gasteiger partial charge in [-0.15, -0.1) is 0 Å². The number of benzene rings is 2. The molecule has 1 aliphatic heterocycles. The Balaban J connectivity index is 1.77. The molecular weight excluding hydrogens is 967 g/mol. The average Bonchev–Trinajstić information content (AvgIpc) is 3.76. The third-order valence-electron chi connectivity index (χ3n) is 12.2. The van der Waals surface area contributed by atoms with E-state index in [0.717, 1.165) is 16.5 Å². The lowest BCUT2D eigenvalue weighted by molar-refractivity contribution is -0.135. The van der Waals surface area contributed by atoms with Crippen molar-refractivity contribution in [1.82, 2.24) is 47.5 Å². The monoisotopic (exact) mass is 1040 g/mol. The lowest BCUT2D eigenvalue weighted by atomic mass is 10.0.